The van der Waals surface area contributed by atoms with Crippen molar-refractivity contribution in [2.75, 3.05) is 0 Å². The molecule has 0 aliphatic rings. The van der Waals surface area contributed by atoms with Crippen LogP contribution in [0.15, 0.2) is 53.4 Å². The molecule has 0 radical (unpaired) electrons. The Labute approximate surface area is 115 Å². The second-order valence-electron chi connectivity index (χ2n) is 3.84. The van der Waals surface area contributed by atoms with Crippen molar-refractivity contribution in [2.24, 2.45) is 0 Å². The fourth-order valence-electron chi connectivity index (χ4n) is 1.53. The summed E-state index contributed by atoms with van der Waals surface area (Å²) in [6.07, 6.45) is 0. The van der Waals surface area contributed by atoms with Crippen LogP contribution in [-0.4, -0.2) is 13.5 Å². The standard InChI is InChI=1S/C13H11ClO4S/c14-19(16,17)13-7-6-11(8-12(13)15)18-9-10-4-2-1-3-5-10/h1-8,15H,9H2. The van der Waals surface area contributed by atoms with Crippen molar-refractivity contribution in [3.63, 3.8) is 0 Å². The summed E-state index contributed by atoms with van der Waals surface area (Å²) in [5.41, 5.74) is 0.969. The monoisotopic (exact) mass is 298 g/mol. The maximum atomic E-state index is 11.1. The topological polar surface area (TPSA) is 63.6 Å². The summed E-state index contributed by atoms with van der Waals surface area (Å²) in [6.45, 7) is 0.327. The third-order valence-corrected chi connectivity index (χ3v) is 3.81. The zero-order valence-corrected chi connectivity index (χ0v) is 11.4. The lowest BCUT2D eigenvalue weighted by molar-refractivity contribution is 0.304. The molecule has 0 aromatic heterocycles. The van der Waals surface area contributed by atoms with Gasteiger partial charge in [0.05, 0.1) is 0 Å². The minimum atomic E-state index is -3.95. The fraction of sp³-hybridized carbons (Fsp3) is 0.0769. The first kappa shape index (κ1) is 13.7. The van der Waals surface area contributed by atoms with Crippen LogP contribution in [0.4, 0.5) is 0 Å². The van der Waals surface area contributed by atoms with E-state index >= 15 is 0 Å². The molecule has 0 fully saturated rings. The van der Waals surface area contributed by atoms with Crippen molar-refractivity contribution >= 4 is 19.7 Å². The van der Waals surface area contributed by atoms with Crippen LogP contribution in [-0.2, 0) is 15.7 Å². The second kappa shape index (κ2) is 5.50. The van der Waals surface area contributed by atoms with Crippen LogP contribution in [0.25, 0.3) is 0 Å². The molecule has 0 amide bonds. The summed E-state index contributed by atoms with van der Waals surface area (Å²) in [4.78, 5) is -0.332. The van der Waals surface area contributed by atoms with E-state index in [-0.39, 0.29) is 4.90 Å². The summed E-state index contributed by atoms with van der Waals surface area (Å²) in [5.74, 6) is -0.0639. The zero-order valence-electron chi connectivity index (χ0n) is 9.78. The van der Waals surface area contributed by atoms with E-state index in [0.717, 1.165) is 5.56 Å². The first-order valence-corrected chi connectivity index (χ1v) is 7.72. The Morgan fingerprint density at radius 2 is 1.79 bits per heavy atom. The highest BCUT2D eigenvalue weighted by Gasteiger charge is 2.15. The quantitative estimate of drug-likeness (QED) is 0.882. The molecular formula is C13H11ClO4S. The van der Waals surface area contributed by atoms with Gasteiger partial charge < -0.3 is 9.84 Å². The van der Waals surface area contributed by atoms with E-state index in [1.807, 2.05) is 30.3 Å². The number of aromatic hydroxyl groups is 1. The molecule has 0 spiro atoms. The fourth-order valence-corrected chi connectivity index (χ4v) is 2.46. The van der Waals surface area contributed by atoms with Gasteiger partial charge in [0.2, 0.25) is 0 Å². The summed E-state index contributed by atoms with van der Waals surface area (Å²) >= 11 is 0. The van der Waals surface area contributed by atoms with E-state index in [4.69, 9.17) is 15.4 Å². The predicted molar refractivity (Wildman–Crippen MR) is 71.9 cm³/mol. The van der Waals surface area contributed by atoms with Gasteiger partial charge in [-0.25, -0.2) is 8.42 Å². The van der Waals surface area contributed by atoms with Gasteiger partial charge in [-0.05, 0) is 17.7 Å². The van der Waals surface area contributed by atoms with Crippen LogP contribution in [0.1, 0.15) is 5.56 Å². The summed E-state index contributed by atoms with van der Waals surface area (Å²) in [6, 6.07) is 13.3. The molecule has 0 aliphatic heterocycles. The molecule has 0 bridgehead atoms. The van der Waals surface area contributed by atoms with Gasteiger partial charge in [0.25, 0.3) is 9.05 Å². The molecule has 2 rings (SSSR count). The van der Waals surface area contributed by atoms with Crippen molar-refractivity contribution < 1.29 is 18.3 Å². The van der Waals surface area contributed by atoms with Gasteiger partial charge in [0, 0.05) is 16.7 Å². The second-order valence-corrected chi connectivity index (χ2v) is 6.38. The lowest BCUT2D eigenvalue weighted by Crippen LogP contribution is -1.96. The molecule has 0 saturated heterocycles. The normalized spacial score (nSPS) is 11.2. The molecule has 100 valence electrons. The van der Waals surface area contributed by atoms with Gasteiger partial charge in [0.1, 0.15) is 23.0 Å². The van der Waals surface area contributed by atoms with E-state index in [1.54, 1.807) is 0 Å². The predicted octanol–water partition coefficient (Wildman–Crippen LogP) is 2.90. The van der Waals surface area contributed by atoms with Gasteiger partial charge in [-0.1, -0.05) is 30.3 Å². The van der Waals surface area contributed by atoms with E-state index in [2.05, 4.69) is 0 Å². The minimum Gasteiger partial charge on any atom is -0.506 e. The largest absolute Gasteiger partial charge is 0.506 e. The highest BCUT2D eigenvalue weighted by molar-refractivity contribution is 8.13. The summed E-state index contributed by atoms with van der Waals surface area (Å²) in [7, 11) is 1.21. The van der Waals surface area contributed by atoms with Gasteiger partial charge in [-0.3, -0.25) is 0 Å². The molecule has 0 atom stereocenters. The first-order valence-electron chi connectivity index (χ1n) is 5.41. The smallest absolute Gasteiger partial charge is 0.264 e. The Balaban J connectivity index is 2.13. The Bertz CT molecular complexity index is 668. The molecule has 4 nitrogen and oxygen atoms in total. The third kappa shape index (κ3) is 3.62. The Morgan fingerprint density at radius 1 is 1.11 bits per heavy atom. The van der Waals surface area contributed by atoms with E-state index in [9.17, 15) is 13.5 Å². The summed E-state index contributed by atoms with van der Waals surface area (Å²) < 4.78 is 27.7. The number of hydrogen-bond donors (Lipinski definition) is 1. The zero-order chi connectivity index (χ0) is 13.9. The molecule has 2 aromatic rings. The van der Waals surface area contributed by atoms with Gasteiger partial charge in [-0.15, -0.1) is 0 Å². The number of hydrogen-bond acceptors (Lipinski definition) is 4. The van der Waals surface area contributed by atoms with E-state index < -0.39 is 14.8 Å². The van der Waals surface area contributed by atoms with Crippen LogP contribution < -0.4 is 4.74 Å². The van der Waals surface area contributed by atoms with Crippen LogP contribution >= 0.6 is 10.7 Å². The molecule has 2 aromatic carbocycles. The molecule has 6 heteroatoms. The highest BCUT2D eigenvalue weighted by Crippen LogP contribution is 2.29. The van der Waals surface area contributed by atoms with Gasteiger partial charge in [-0.2, -0.15) is 0 Å². The average Bonchev–Trinajstić information content (AvgIpc) is 2.36. The lowest BCUT2D eigenvalue weighted by Gasteiger charge is -2.08. The van der Waals surface area contributed by atoms with Gasteiger partial charge >= 0.3 is 0 Å². The van der Waals surface area contributed by atoms with Crippen LogP contribution in [0, 0.1) is 0 Å². The van der Waals surface area contributed by atoms with Crippen molar-refractivity contribution in [2.45, 2.75) is 11.5 Å². The molecular weight excluding hydrogens is 288 g/mol. The van der Waals surface area contributed by atoms with Crippen LogP contribution in [0.3, 0.4) is 0 Å². The summed E-state index contributed by atoms with van der Waals surface area (Å²) in [5, 5.41) is 9.58. The van der Waals surface area contributed by atoms with E-state index in [1.165, 1.54) is 18.2 Å². The number of halogens is 1. The van der Waals surface area contributed by atoms with Crippen molar-refractivity contribution in [1.82, 2.24) is 0 Å². The Kier molecular flexibility index (Phi) is 3.97. The van der Waals surface area contributed by atoms with Crippen molar-refractivity contribution in [3.05, 3.63) is 54.1 Å². The van der Waals surface area contributed by atoms with E-state index in [0.29, 0.717) is 12.4 Å². The number of benzene rings is 2. The Morgan fingerprint density at radius 3 is 2.37 bits per heavy atom. The third-order valence-electron chi connectivity index (χ3n) is 2.44. The molecule has 0 unspecified atom stereocenters. The SMILES string of the molecule is O=S(=O)(Cl)c1ccc(OCc2ccccc2)cc1O. The number of ether oxygens (including phenoxy) is 1. The maximum absolute atomic E-state index is 11.1. The first-order chi connectivity index (χ1) is 8.97. The van der Waals surface area contributed by atoms with Crippen molar-refractivity contribution in [1.29, 1.82) is 0 Å². The molecule has 0 aliphatic carbocycles. The van der Waals surface area contributed by atoms with Crippen LogP contribution in [0.5, 0.6) is 11.5 Å². The average molecular weight is 299 g/mol. The number of phenolic OH excluding ortho intramolecular Hbond substituents is 1. The molecule has 19 heavy (non-hydrogen) atoms. The van der Waals surface area contributed by atoms with Crippen LogP contribution in [0.2, 0.25) is 0 Å². The number of rotatable bonds is 4. The molecule has 1 N–H and O–H groups in total. The molecule has 0 heterocycles. The lowest BCUT2D eigenvalue weighted by atomic mass is 10.2. The highest BCUT2D eigenvalue weighted by atomic mass is 35.7. The maximum Gasteiger partial charge on any atom is 0.264 e. The Hall–Kier alpha value is -1.72. The number of phenols is 1. The van der Waals surface area contributed by atoms with Crippen molar-refractivity contribution in [3.8, 4) is 11.5 Å². The minimum absolute atomic E-state index is 0.327. The molecule has 0 saturated carbocycles. The van der Waals surface area contributed by atoms with Gasteiger partial charge in [0.15, 0.2) is 0 Å².